The molecule has 8 aromatic heterocycles. The van der Waals surface area contributed by atoms with Gasteiger partial charge in [0.15, 0.2) is 0 Å². The van der Waals surface area contributed by atoms with Crippen LogP contribution in [0.4, 0.5) is 17.6 Å². The minimum atomic E-state index is -1.96. The van der Waals surface area contributed by atoms with E-state index < -0.39 is 61.7 Å². The first kappa shape index (κ1) is 92.0. The van der Waals surface area contributed by atoms with Crippen molar-refractivity contribution in [2.45, 2.75) is 196 Å². The molecule has 0 fully saturated rings. The van der Waals surface area contributed by atoms with Gasteiger partial charge in [0.1, 0.15) is 50.5 Å². The van der Waals surface area contributed by atoms with Crippen LogP contribution >= 0.6 is 107 Å². The van der Waals surface area contributed by atoms with Crippen LogP contribution in [0.15, 0.2) is 173 Å². The Kier molecular flexibility index (Phi) is 27.7. The number of carbonyl (C=O) groups excluding carboxylic acids is 2. The standard InChI is InChI=1S/C48H32F2S4.C42H56F2O4S4Si2.C7H7Br.C4H9.Li/c1-25-5-13-29(14-6-25)47(30-15-7-26(2)8-16-30)37-35(45-39(47)43-33(53-45)21-23-51-43)42(50)38-36(41(37)49)46-40(44-34(54-46)22-24-52-44)48(38,31-17-9-27(3)10-18-31)32-19-11-28(4)12-20-32;1-15-47-41(45)37-35(31-17-27-29(49-31)19-33(51-27)53(21(3)4,22(5)6)23(7)8)40(44)38(42(46)48-16-2)36(39(37)43)32-18-28-30(50-32)20-34(52-28)54(24(9)10,25(11)12)26(13)14;1-6-2-4-7(8)5-3-6;1-4(2)3;/h5-24H,1-4H3;17-26H,15-16H2,1-14H3;2-5H,1H3;1-3H3;/q;;;-1;+1/p+1. The molecule has 624 valence electrons. The minimum Gasteiger partial charge on any atom is -0.462 e. The molecule has 0 atom stereocenters. The van der Waals surface area contributed by atoms with E-state index in [0.29, 0.717) is 65.3 Å². The van der Waals surface area contributed by atoms with E-state index in [0.717, 1.165) is 107 Å². The van der Waals surface area contributed by atoms with Crippen molar-refractivity contribution in [3.05, 3.63) is 286 Å². The topological polar surface area (TPSA) is 52.6 Å². The van der Waals surface area contributed by atoms with Crippen LogP contribution in [-0.4, -0.2) is 41.3 Å². The molecule has 0 bridgehead atoms. The summed E-state index contributed by atoms with van der Waals surface area (Å²) < 4.78 is 95.9. The SMILES string of the molecule is CCOC(=O)c1c(F)c(-c2cc3sc([Si](C(C)C)(C(C)C)C(C)C)cc3s2)c(C(=O)OCC)c(F)c1-c1cc2sc([Si](C(C)C)(C(C)C)C(C)C)cc2s1.C[C-](C)C.Cc1ccc(Br)cc1.Cc1ccc(C2(c3ccc(C)cc3)c3c(F)c4c(c(F)c3-c3sc5ccsc5c32)C(c2ccc(C)cc2)(c2ccc(C)cc2)c2c-4sc3ccsc23)cc1.[H+].[Li+]. The number of hydrogen-bond acceptors (Lipinski definition) is 12. The van der Waals surface area contributed by atoms with E-state index in [-0.39, 0.29) is 56.3 Å². The second-order valence-corrected chi connectivity index (χ2v) is 56.1. The normalized spacial score (nSPS) is 13.3. The van der Waals surface area contributed by atoms with Crippen LogP contribution in [0.5, 0.6) is 0 Å². The molecule has 0 saturated carbocycles. The zero-order chi connectivity index (χ0) is 86.4. The fourth-order valence-corrected chi connectivity index (χ4v) is 48.4. The third-order valence-electron chi connectivity index (χ3n) is 24.7. The summed E-state index contributed by atoms with van der Waals surface area (Å²) in [5, 5.41) is 4.22. The van der Waals surface area contributed by atoms with Gasteiger partial charge in [0, 0.05) is 96.7 Å². The molecule has 0 N–H and O–H groups in total. The van der Waals surface area contributed by atoms with Gasteiger partial charge in [0.05, 0.1) is 33.4 Å². The molecule has 20 heteroatoms. The van der Waals surface area contributed by atoms with E-state index in [9.17, 15) is 9.59 Å². The van der Waals surface area contributed by atoms with Crippen molar-refractivity contribution in [3.63, 3.8) is 0 Å². The number of benzene rings is 7. The van der Waals surface area contributed by atoms with Crippen LogP contribution in [0.1, 0.15) is 212 Å². The van der Waals surface area contributed by atoms with Crippen LogP contribution in [0.3, 0.4) is 0 Å². The summed E-state index contributed by atoms with van der Waals surface area (Å²) in [6.07, 6.45) is 0. The number of hydrogen-bond donors (Lipinski definition) is 0. The second-order valence-electron chi connectivity index (χ2n) is 34.5. The van der Waals surface area contributed by atoms with E-state index in [2.05, 4.69) is 299 Å². The van der Waals surface area contributed by atoms with Crippen molar-refractivity contribution in [1.82, 2.24) is 0 Å². The van der Waals surface area contributed by atoms with E-state index in [1.54, 1.807) is 81.9 Å². The van der Waals surface area contributed by atoms with Crippen LogP contribution in [0, 0.1) is 63.8 Å². The van der Waals surface area contributed by atoms with E-state index in [1.807, 2.05) is 24.3 Å². The molecule has 121 heavy (non-hydrogen) atoms. The van der Waals surface area contributed by atoms with Crippen molar-refractivity contribution in [3.8, 4) is 41.8 Å². The Morgan fingerprint density at radius 1 is 0.388 bits per heavy atom. The van der Waals surface area contributed by atoms with Crippen molar-refractivity contribution in [2.75, 3.05) is 13.2 Å². The van der Waals surface area contributed by atoms with Gasteiger partial charge in [-0.2, -0.15) is 20.8 Å². The Balaban J connectivity index is 0.000000193. The summed E-state index contributed by atoms with van der Waals surface area (Å²) in [4.78, 5) is 29.8. The van der Waals surface area contributed by atoms with Gasteiger partial charge >= 0.3 is 32.2 Å². The molecular weight excluding hydrogens is 1750 g/mol. The predicted molar refractivity (Wildman–Crippen MR) is 524 cm³/mol. The van der Waals surface area contributed by atoms with Crippen LogP contribution in [0.2, 0.25) is 33.2 Å². The Hall–Kier alpha value is -6.65. The van der Waals surface area contributed by atoms with Gasteiger partial charge in [0.2, 0.25) is 0 Å². The number of carbonyl (C=O) groups is 2. The summed E-state index contributed by atoms with van der Waals surface area (Å²) in [7, 11) is -3.93. The number of ether oxygens (including phenoxy) is 2. The molecule has 0 aliphatic heterocycles. The van der Waals surface area contributed by atoms with E-state index in [4.69, 9.17) is 9.47 Å². The van der Waals surface area contributed by atoms with Gasteiger partial charge < -0.3 is 15.4 Å². The molecule has 0 radical (unpaired) electrons. The van der Waals surface area contributed by atoms with Gasteiger partial charge in [-0.3, -0.25) is 0 Å². The van der Waals surface area contributed by atoms with Crippen LogP contribution in [0.25, 0.3) is 79.4 Å². The summed E-state index contributed by atoms with van der Waals surface area (Å²) in [5.41, 5.74) is 12.6. The number of fused-ring (bicyclic) bond motifs is 12. The number of rotatable bonds is 18. The largest absolute Gasteiger partial charge is 1.00 e. The molecule has 0 amide bonds. The van der Waals surface area contributed by atoms with Gasteiger partial charge in [-0.1, -0.05) is 236 Å². The third kappa shape index (κ3) is 15.5. The Labute approximate surface area is 767 Å². The van der Waals surface area contributed by atoms with Crippen molar-refractivity contribution in [2.24, 2.45) is 0 Å². The summed E-state index contributed by atoms with van der Waals surface area (Å²) >= 11 is 16.0. The third-order valence-corrected chi connectivity index (χ3v) is 50.1. The second kappa shape index (κ2) is 36.4. The molecule has 7 aromatic carbocycles. The van der Waals surface area contributed by atoms with Gasteiger partial charge in [0.25, 0.3) is 0 Å². The molecule has 0 unspecified atom stereocenters. The number of thiophene rings is 8. The zero-order valence-electron chi connectivity index (χ0n) is 74.3. The van der Waals surface area contributed by atoms with E-state index in [1.165, 1.54) is 43.2 Å². The molecule has 2 aliphatic carbocycles. The summed E-state index contributed by atoms with van der Waals surface area (Å²) in [6, 6.07) is 54.5. The van der Waals surface area contributed by atoms with Gasteiger partial charge in [-0.05, 0) is 172 Å². The molecule has 4 nitrogen and oxygen atoms in total. The smallest absolute Gasteiger partial charge is 0.462 e. The fourth-order valence-electron chi connectivity index (χ4n) is 20.0. The first-order chi connectivity index (χ1) is 57.1. The molecule has 15 aromatic rings. The first-order valence-electron chi connectivity index (χ1n) is 41.4. The average molecular weight is 1860 g/mol. The van der Waals surface area contributed by atoms with Gasteiger partial charge in [-0.25, -0.2) is 27.2 Å². The molecule has 8 heterocycles. The molecular formula is C101H105BrF4LiO4S8Si2+. The maximum atomic E-state index is 19.1. The Morgan fingerprint density at radius 2 is 0.661 bits per heavy atom. The number of aryl methyl sites for hydroxylation is 5. The van der Waals surface area contributed by atoms with Crippen LogP contribution < -0.4 is 27.9 Å². The first-order valence-corrected chi connectivity index (χ1v) is 53.3. The van der Waals surface area contributed by atoms with E-state index >= 15 is 17.6 Å². The molecule has 0 spiro atoms. The molecule has 0 saturated heterocycles. The maximum absolute atomic E-state index is 19.1. The maximum Gasteiger partial charge on any atom is 1.00 e. The zero-order valence-corrected chi connectivity index (χ0v) is 83.5. The molecule has 17 rings (SSSR count). The predicted octanol–water partition coefficient (Wildman–Crippen LogP) is 29.9. The average Bonchev–Trinajstić information content (AvgIpc) is 1.48. The monoisotopic (exact) mass is 1860 g/mol. The van der Waals surface area contributed by atoms with Crippen molar-refractivity contribution in [1.29, 1.82) is 0 Å². The Morgan fingerprint density at radius 3 is 0.917 bits per heavy atom. The van der Waals surface area contributed by atoms with Gasteiger partial charge in [-0.15, -0.1) is 90.7 Å². The summed E-state index contributed by atoms with van der Waals surface area (Å²) in [6.45, 7) is 47.7. The van der Waals surface area contributed by atoms with Crippen LogP contribution in [-0.2, 0) is 20.3 Å². The number of halogens is 5. The molecule has 2 aliphatic rings. The minimum absolute atomic E-state index is 0. The summed E-state index contributed by atoms with van der Waals surface area (Å²) in [5.74, 6) is -3.11. The van der Waals surface area contributed by atoms with Crippen molar-refractivity contribution >= 4 is 181 Å². The quantitative estimate of drug-likeness (QED) is 0.0372. The number of esters is 2. The fraction of sp³-hybridized carbons (Fsp3) is 0.317. The Bertz CT molecular complexity index is 5760. The van der Waals surface area contributed by atoms with Crippen molar-refractivity contribution < 1.29 is 56.9 Å².